The molecule has 3 nitrogen and oxygen atoms in total. The summed E-state index contributed by atoms with van der Waals surface area (Å²) in [4.78, 5) is 11.8. The molecular weight excluding hydrogens is 255 g/mol. The van der Waals surface area contributed by atoms with E-state index in [1.165, 1.54) is 12.1 Å². The minimum atomic E-state index is -0.475. The maximum absolute atomic E-state index is 13.4. The predicted molar refractivity (Wildman–Crippen MR) is 71.3 cm³/mol. The topological polar surface area (TPSA) is 55.1 Å². The SMILES string of the molecule is Cl.NC1CCC(NC(=O)c2ccccc2F)CC1. The van der Waals surface area contributed by atoms with Crippen LogP contribution >= 0.6 is 12.4 Å². The second-order valence-electron chi connectivity index (χ2n) is 4.57. The highest BCUT2D eigenvalue weighted by Gasteiger charge is 2.21. The Hall–Kier alpha value is -1.13. The molecule has 5 heteroatoms. The molecule has 0 saturated heterocycles. The van der Waals surface area contributed by atoms with E-state index in [9.17, 15) is 9.18 Å². The number of carbonyl (C=O) groups excluding carboxylic acids is 1. The number of halogens is 2. The highest BCUT2D eigenvalue weighted by molar-refractivity contribution is 5.94. The molecule has 1 aliphatic rings. The van der Waals surface area contributed by atoms with Gasteiger partial charge in [-0.05, 0) is 37.8 Å². The molecule has 0 atom stereocenters. The third-order valence-electron chi connectivity index (χ3n) is 3.23. The summed E-state index contributed by atoms with van der Waals surface area (Å²) in [6.45, 7) is 0. The van der Waals surface area contributed by atoms with Gasteiger partial charge in [-0.1, -0.05) is 12.1 Å². The first-order chi connectivity index (χ1) is 8.16. The van der Waals surface area contributed by atoms with Crippen molar-refractivity contribution in [2.45, 2.75) is 37.8 Å². The number of nitrogens with two attached hydrogens (primary N) is 1. The van der Waals surface area contributed by atoms with Gasteiger partial charge in [-0.2, -0.15) is 0 Å². The molecule has 0 spiro atoms. The van der Waals surface area contributed by atoms with Crippen LogP contribution in [0.1, 0.15) is 36.0 Å². The summed E-state index contributed by atoms with van der Waals surface area (Å²) in [5.41, 5.74) is 5.90. The molecule has 0 aliphatic heterocycles. The normalized spacial score (nSPS) is 23.0. The van der Waals surface area contributed by atoms with Crippen LogP contribution in [0.2, 0.25) is 0 Å². The lowest BCUT2D eigenvalue weighted by atomic mass is 9.91. The van der Waals surface area contributed by atoms with Crippen LogP contribution in [0, 0.1) is 5.82 Å². The molecular formula is C13H18ClFN2O. The van der Waals surface area contributed by atoms with Crippen molar-refractivity contribution >= 4 is 18.3 Å². The first-order valence-corrected chi connectivity index (χ1v) is 5.98. The molecule has 1 fully saturated rings. The van der Waals surface area contributed by atoms with Crippen molar-refractivity contribution in [2.75, 3.05) is 0 Å². The minimum absolute atomic E-state index is 0. The zero-order valence-electron chi connectivity index (χ0n) is 10.1. The second-order valence-corrected chi connectivity index (χ2v) is 4.57. The van der Waals surface area contributed by atoms with Crippen molar-refractivity contribution < 1.29 is 9.18 Å². The molecule has 0 bridgehead atoms. The monoisotopic (exact) mass is 272 g/mol. The van der Waals surface area contributed by atoms with Crippen molar-refractivity contribution in [3.05, 3.63) is 35.6 Å². The van der Waals surface area contributed by atoms with Crippen LogP contribution in [0.5, 0.6) is 0 Å². The summed E-state index contributed by atoms with van der Waals surface area (Å²) in [6, 6.07) is 6.41. The lowest BCUT2D eigenvalue weighted by molar-refractivity contribution is 0.0922. The van der Waals surface area contributed by atoms with Gasteiger partial charge in [0.05, 0.1) is 5.56 Å². The summed E-state index contributed by atoms with van der Waals surface area (Å²) >= 11 is 0. The van der Waals surface area contributed by atoms with E-state index in [4.69, 9.17) is 5.73 Å². The van der Waals surface area contributed by atoms with Crippen molar-refractivity contribution in [1.29, 1.82) is 0 Å². The first kappa shape index (κ1) is 14.9. The Morgan fingerprint density at radius 3 is 2.44 bits per heavy atom. The van der Waals surface area contributed by atoms with Crippen LogP contribution in [-0.4, -0.2) is 18.0 Å². The van der Waals surface area contributed by atoms with Crippen molar-refractivity contribution in [1.82, 2.24) is 5.32 Å². The van der Waals surface area contributed by atoms with Gasteiger partial charge < -0.3 is 11.1 Å². The smallest absolute Gasteiger partial charge is 0.254 e. The zero-order chi connectivity index (χ0) is 12.3. The fraction of sp³-hybridized carbons (Fsp3) is 0.462. The first-order valence-electron chi connectivity index (χ1n) is 5.98. The second kappa shape index (κ2) is 6.71. The van der Waals surface area contributed by atoms with E-state index < -0.39 is 5.82 Å². The third-order valence-corrected chi connectivity index (χ3v) is 3.23. The molecule has 0 heterocycles. The van der Waals surface area contributed by atoms with Gasteiger partial charge in [0.15, 0.2) is 0 Å². The Morgan fingerprint density at radius 2 is 1.83 bits per heavy atom. The zero-order valence-corrected chi connectivity index (χ0v) is 10.9. The number of benzene rings is 1. The van der Waals surface area contributed by atoms with Crippen LogP contribution in [-0.2, 0) is 0 Å². The lowest BCUT2D eigenvalue weighted by Crippen LogP contribution is -2.40. The molecule has 1 aromatic carbocycles. The van der Waals surface area contributed by atoms with Crippen LogP contribution in [0.4, 0.5) is 4.39 Å². The average Bonchev–Trinajstić information content (AvgIpc) is 2.32. The van der Waals surface area contributed by atoms with Crippen molar-refractivity contribution in [3.63, 3.8) is 0 Å². The summed E-state index contributed by atoms with van der Waals surface area (Å²) in [5.74, 6) is -0.805. The molecule has 1 saturated carbocycles. The van der Waals surface area contributed by atoms with E-state index in [2.05, 4.69) is 5.32 Å². The molecule has 18 heavy (non-hydrogen) atoms. The van der Waals surface area contributed by atoms with E-state index in [1.807, 2.05) is 0 Å². The number of rotatable bonds is 2. The van der Waals surface area contributed by atoms with Gasteiger partial charge in [0.2, 0.25) is 0 Å². The maximum atomic E-state index is 13.4. The van der Waals surface area contributed by atoms with Gasteiger partial charge in [-0.25, -0.2) is 4.39 Å². The van der Waals surface area contributed by atoms with E-state index in [0.717, 1.165) is 25.7 Å². The fourth-order valence-electron chi connectivity index (χ4n) is 2.17. The summed E-state index contributed by atoms with van der Waals surface area (Å²) < 4.78 is 13.4. The van der Waals surface area contributed by atoms with Crippen molar-refractivity contribution in [2.24, 2.45) is 5.73 Å². The van der Waals surface area contributed by atoms with Crippen LogP contribution in [0.3, 0.4) is 0 Å². The summed E-state index contributed by atoms with van der Waals surface area (Å²) in [7, 11) is 0. The Bertz CT molecular complexity index is 406. The molecule has 100 valence electrons. The van der Waals surface area contributed by atoms with Gasteiger partial charge in [0, 0.05) is 12.1 Å². The van der Waals surface area contributed by atoms with Crippen LogP contribution < -0.4 is 11.1 Å². The van der Waals surface area contributed by atoms with Gasteiger partial charge in [-0.15, -0.1) is 12.4 Å². The predicted octanol–water partition coefficient (Wildman–Crippen LogP) is 2.25. The summed E-state index contributed by atoms with van der Waals surface area (Å²) in [6.07, 6.45) is 3.59. The van der Waals surface area contributed by atoms with E-state index in [0.29, 0.717) is 0 Å². The third kappa shape index (κ3) is 3.68. The van der Waals surface area contributed by atoms with Gasteiger partial charge in [0.25, 0.3) is 5.91 Å². The molecule has 0 aromatic heterocycles. The molecule has 1 aromatic rings. The van der Waals surface area contributed by atoms with Crippen LogP contribution in [0.15, 0.2) is 24.3 Å². The summed E-state index contributed by atoms with van der Waals surface area (Å²) in [5, 5.41) is 2.86. The van der Waals surface area contributed by atoms with Crippen LogP contribution in [0.25, 0.3) is 0 Å². The molecule has 3 N–H and O–H groups in total. The number of hydrogen-bond acceptors (Lipinski definition) is 2. The minimum Gasteiger partial charge on any atom is -0.349 e. The van der Waals surface area contributed by atoms with E-state index >= 15 is 0 Å². The molecule has 0 unspecified atom stereocenters. The lowest BCUT2D eigenvalue weighted by Gasteiger charge is -2.26. The van der Waals surface area contributed by atoms with Gasteiger partial charge >= 0.3 is 0 Å². The van der Waals surface area contributed by atoms with E-state index in [1.54, 1.807) is 12.1 Å². The molecule has 1 amide bonds. The highest BCUT2D eigenvalue weighted by atomic mass is 35.5. The Balaban J connectivity index is 0.00000162. The van der Waals surface area contributed by atoms with Crippen molar-refractivity contribution in [3.8, 4) is 0 Å². The standard InChI is InChI=1S/C13H17FN2O.ClH/c14-12-4-2-1-3-11(12)13(17)16-10-7-5-9(15)6-8-10;/h1-4,9-10H,5-8,15H2,(H,16,17);1H. The van der Waals surface area contributed by atoms with Gasteiger partial charge in [0.1, 0.15) is 5.82 Å². The largest absolute Gasteiger partial charge is 0.349 e. The van der Waals surface area contributed by atoms with E-state index in [-0.39, 0.29) is 36.0 Å². The number of amides is 1. The quantitative estimate of drug-likeness (QED) is 0.868. The maximum Gasteiger partial charge on any atom is 0.254 e. The Morgan fingerprint density at radius 1 is 1.22 bits per heavy atom. The molecule has 0 radical (unpaired) electrons. The number of carbonyl (C=O) groups is 1. The number of nitrogens with one attached hydrogen (secondary N) is 1. The Labute approximate surface area is 112 Å². The van der Waals surface area contributed by atoms with Gasteiger partial charge in [-0.3, -0.25) is 4.79 Å². The average molecular weight is 273 g/mol. The Kier molecular flexibility index (Phi) is 5.56. The molecule has 1 aliphatic carbocycles. The molecule has 2 rings (SSSR count). The highest BCUT2D eigenvalue weighted by Crippen LogP contribution is 2.17. The fourth-order valence-corrected chi connectivity index (χ4v) is 2.17. The number of hydrogen-bond donors (Lipinski definition) is 2.